The predicted molar refractivity (Wildman–Crippen MR) is 297 cm³/mol. The van der Waals surface area contributed by atoms with E-state index in [2.05, 4.69) is 136 Å². The van der Waals surface area contributed by atoms with Gasteiger partial charge in [-0.3, -0.25) is 0 Å². The molecule has 0 amide bonds. The van der Waals surface area contributed by atoms with Crippen LogP contribution in [-0.4, -0.2) is 14.5 Å². The van der Waals surface area contributed by atoms with E-state index in [1.807, 2.05) is 56.7 Å². The molecule has 2 aromatic carbocycles. The van der Waals surface area contributed by atoms with Crippen LogP contribution in [0.4, 0.5) is 0 Å². The van der Waals surface area contributed by atoms with E-state index in [-0.39, 0.29) is 0 Å². The third-order valence-electron chi connectivity index (χ3n) is 13.5. The minimum atomic E-state index is 0.820. The molecular weight excluding hydrogens is 911 g/mol. The molecule has 7 heterocycles. The lowest BCUT2D eigenvalue weighted by atomic mass is 9.98. The molecule has 7 aromatic heterocycles. The molecule has 0 saturated heterocycles. The van der Waals surface area contributed by atoms with Gasteiger partial charge in [0.15, 0.2) is 0 Å². The highest BCUT2D eigenvalue weighted by molar-refractivity contribution is 7.32. The van der Waals surface area contributed by atoms with E-state index in [4.69, 9.17) is 9.97 Å². The van der Waals surface area contributed by atoms with Crippen LogP contribution in [0.2, 0.25) is 0 Å². The SMILES string of the molecule is CCCCCCCCCCCCc1cccc(-c2nc3c(nc2-c2cccc(C)c2)=C(c2ccc(-c4cc5c(s4)c4sc(-c6ccc(C)s6)cc4n5CCCCC)s2)CC=3c2ccc(C)s2)c1. The Bertz CT molecular complexity index is 3290. The second kappa shape index (κ2) is 21.1. The third-order valence-corrected chi connectivity index (χ3v) is 19.5. The first kappa shape index (κ1) is 46.3. The second-order valence-corrected chi connectivity index (χ2v) is 24.5. The maximum Gasteiger partial charge on any atom is 0.0973 e. The van der Waals surface area contributed by atoms with Gasteiger partial charge in [0.2, 0.25) is 0 Å². The van der Waals surface area contributed by atoms with Gasteiger partial charge in [0.05, 0.1) is 42.5 Å². The Hall–Kier alpha value is -4.44. The van der Waals surface area contributed by atoms with E-state index in [0.717, 1.165) is 52.6 Å². The number of hydrogen-bond donors (Lipinski definition) is 0. The summed E-state index contributed by atoms with van der Waals surface area (Å²) in [6, 6.07) is 36.8. The van der Waals surface area contributed by atoms with Crippen LogP contribution in [-0.2, 0) is 13.0 Å². The number of unbranched alkanes of at least 4 members (excludes halogenated alkanes) is 11. The van der Waals surface area contributed by atoms with Crippen LogP contribution in [0, 0.1) is 20.8 Å². The first-order valence-electron chi connectivity index (χ1n) is 25.0. The first-order valence-corrected chi connectivity index (χ1v) is 29.0. The number of aryl methyl sites for hydroxylation is 5. The van der Waals surface area contributed by atoms with Crippen molar-refractivity contribution < 1.29 is 0 Å². The van der Waals surface area contributed by atoms with Crippen LogP contribution >= 0.6 is 56.7 Å². The van der Waals surface area contributed by atoms with E-state index >= 15 is 0 Å². The molecule has 1 aliphatic carbocycles. The Morgan fingerprint density at radius 1 is 0.463 bits per heavy atom. The van der Waals surface area contributed by atoms with Gasteiger partial charge in [0, 0.05) is 74.3 Å². The van der Waals surface area contributed by atoms with E-state index in [0.29, 0.717) is 0 Å². The number of benzene rings is 2. The molecule has 0 unspecified atom stereocenters. The van der Waals surface area contributed by atoms with Gasteiger partial charge in [-0.25, -0.2) is 9.97 Å². The van der Waals surface area contributed by atoms with E-state index in [1.165, 1.54) is 165 Å². The zero-order valence-electron chi connectivity index (χ0n) is 39.9. The summed E-state index contributed by atoms with van der Waals surface area (Å²) in [4.78, 5) is 22.2. The molecule has 0 aliphatic heterocycles. The number of aromatic nitrogens is 3. The number of rotatable bonds is 21. The van der Waals surface area contributed by atoms with Gasteiger partial charge in [0.1, 0.15) is 0 Å². The Morgan fingerprint density at radius 3 is 1.57 bits per heavy atom. The van der Waals surface area contributed by atoms with Crippen molar-refractivity contribution in [2.45, 2.75) is 137 Å². The summed E-state index contributed by atoms with van der Waals surface area (Å²) in [5.74, 6) is 0. The molecule has 9 aromatic rings. The monoisotopic (exact) mass is 973 g/mol. The summed E-state index contributed by atoms with van der Waals surface area (Å²) in [6.45, 7) is 12.3. The minimum Gasteiger partial charge on any atom is -0.339 e. The normalized spacial score (nSPS) is 12.7. The fourth-order valence-electron chi connectivity index (χ4n) is 9.91. The first-order chi connectivity index (χ1) is 32.8. The minimum absolute atomic E-state index is 0.820. The van der Waals surface area contributed by atoms with Crippen molar-refractivity contribution in [1.82, 2.24) is 14.5 Å². The van der Waals surface area contributed by atoms with E-state index in [1.54, 1.807) is 0 Å². The highest BCUT2D eigenvalue weighted by Gasteiger charge is 2.26. The van der Waals surface area contributed by atoms with Gasteiger partial charge in [-0.1, -0.05) is 126 Å². The third kappa shape index (κ3) is 10.0. The van der Waals surface area contributed by atoms with Crippen molar-refractivity contribution in [3.63, 3.8) is 0 Å². The van der Waals surface area contributed by atoms with Crippen molar-refractivity contribution in [3.05, 3.63) is 138 Å². The zero-order valence-corrected chi connectivity index (χ0v) is 44.0. The largest absolute Gasteiger partial charge is 0.339 e. The highest BCUT2D eigenvalue weighted by atomic mass is 32.1. The molecule has 0 bridgehead atoms. The summed E-state index contributed by atoms with van der Waals surface area (Å²) in [6.07, 6.45) is 19.1. The molecule has 8 heteroatoms. The molecular formula is C59H63N3S5. The molecule has 1 aliphatic rings. The lowest BCUT2D eigenvalue weighted by molar-refractivity contribution is 0.556. The molecule has 0 spiro atoms. The van der Waals surface area contributed by atoms with Crippen LogP contribution in [0.15, 0.2) is 97.1 Å². The van der Waals surface area contributed by atoms with Crippen LogP contribution in [0.5, 0.6) is 0 Å². The summed E-state index contributed by atoms with van der Waals surface area (Å²) < 4.78 is 5.48. The second-order valence-electron chi connectivity index (χ2n) is 18.7. The Kier molecular flexibility index (Phi) is 14.5. The zero-order chi connectivity index (χ0) is 45.9. The van der Waals surface area contributed by atoms with Crippen LogP contribution in [0.25, 0.3) is 73.6 Å². The highest BCUT2D eigenvalue weighted by Crippen LogP contribution is 2.48. The standard InChI is InChI=1S/C59H63N3S5/c1-6-8-10-11-12-13-14-15-16-17-22-41-23-20-25-43(34-41)55-54(42-24-19-21-38(3)33-42)60-57-45(35-44(56(57)61-55)48-28-26-39(4)63-48)49-30-31-51(65-49)53-37-47-59(67-53)58-46(62(47)32-18-9-7-2)36-52(66-58)50-29-27-40(5)64-50/h19-21,23-31,33-34,36-37H,6-18,22,32,35H2,1-5H3. The molecule has 67 heavy (non-hydrogen) atoms. The maximum atomic E-state index is 5.75. The Morgan fingerprint density at radius 2 is 0.970 bits per heavy atom. The van der Waals surface area contributed by atoms with Crippen molar-refractivity contribution >= 4 is 88.3 Å². The van der Waals surface area contributed by atoms with Gasteiger partial charge in [0.25, 0.3) is 0 Å². The van der Waals surface area contributed by atoms with Crippen LogP contribution in [0.1, 0.15) is 134 Å². The molecule has 10 rings (SSSR count). The Labute approximate surface area is 417 Å². The van der Waals surface area contributed by atoms with Crippen molar-refractivity contribution in [3.8, 4) is 42.0 Å². The van der Waals surface area contributed by atoms with E-state index in [9.17, 15) is 0 Å². The lowest BCUT2D eigenvalue weighted by Crippen LogP contribution is -2.33. The van der Waals surface area contributed by atoms with E-state index < -0.39 is 0 Å². The van der Waals surface area contributed by atoms with Crippen LogP contribution in [0.3, 0.4) is 0 Å². The number of fused-ring (bicyclic) bond motifs is 4. The van der Waals surface area contributed by atoms with Gasteiger partial charge >= 0.3 is 0 Å². The topological polar surface area (TPSA) is 30.7 Å². The van der Waals surface area contributed by atoms with Crippen LogP contribution < -0.4 is 10.7 Å². The van der Waals surface area contributed by atoms with Gasteiger partial charge in [-0.2, -0.15) is 0 Å². The van der Waals surface area contributed by atoms with Gasteiger partial charge < -0.3 is 4.57 Å². The smallest absolute Gasteiger partial charge is 0.0973 e. The predicted octanol–water partition coefficient (Wildman–Crippen LogP) is 17.9. The Balaban J connectivity index is 1.02. The number of hydrogen-bond acceptors (Lipinski definition) is 7. The van der Waals surface area contributed by atoms with Gasteiger partial charge in [-0.15, -0.1) is 56.7 Å². The maximum absolute atomic E-state index is 5.75. The molecule has 344 valence electrons. The van der Waals surface area contributed by atoms with Crippen molar-refractivity contribution in [2.24, 2.45) is 0 Å². The molecule has 0 saturated carbocycles. The van der Waals surface area contributed by atoms with Crippen molar-refractivity contribution in [2.75, 3.05) is 0 Å². The van der Waals surface area contributed by atoms with Gasteiger partial charge in [-0.05, 0) is 106 Å². The average Bonchev–Trinajstić information content (AvgIpc) is 4.21. The lowest BCUT2D eigenvalue weighted by Gasteiger charge is -2.11. The summed E-state index contributed by atoms with van der Waals surface area (Å²) >= 11 is 9.64. The molecule has 0 atom stereocenters. The summed E-state index contributed by atoms with van der Waals surface area (Å²) in [7, 11) is 0. The fraction of sp³-hybridized carbons (Fsp3) is 0.356. The number of nitrogens with zero attached hydrogens (tertiary/aromatic N) is 3. The average molecular weight is 975 g/mol. The quantitative estimate of drug-likeness (QED) is 0.0672. The molecule has 0 N–H and O–H groups in total. The summed E-state index contributed by atoms with van der Waals surface area (Å²) in [5.41, 5.74) is 12.2. The molecule has 0 fully saturated rings. The fourth-order valence-corrected chi connectivity index (χ4v) is 15.4. The molecule has 3 nitrogen and oxygen atoms in total. The summed E-state index contributed by atoms with van der Waals surface area (Å²) in [5, 5.41) is 2.07. The van der Waals surface area contributed by atoms with Crippen molar-refractivity contribution in [1.29, 1.82) is 0 Å². The molecule has 0 radical (unpaired) electrons. The number of thiophene rings is 5.